The van der Waals surface area contributed by atoms with Gasteiger partial charge in [-0.3, -0.25) is 9.59 Å². The number of aromatic amines is 1. The van der Waals surface area contributed by atoms with Gasteiger partial charge in [0, 0.05) is 29.9 Å². The molecule has 0 bridgehead atoms. The summed E-state index contributed by atoms with van der Waals surface area (Å²) in [5.41, 5.74) is 2.83. The molecule has 5 rings (SSSR count). The highest BCUT2D eigenvalue weighted by atomic mass is 16.5. The molecule has 37 heavy (non-hydrogen) atoms. The van der Waals surface area contributed by atoms with Gasteiger partial charge in [0.15, 0.2) is 17.0 Å². The second-order valence-electron chi connectivity index (χ2n) is 10.2. The van der Waals surface area contributed by atoms with Gasteiger partial charge < -0.3 is 24.3 Å². The van der Waals surface area contributed by atoms with Crippen LogP contribution in [0.3, 0.4) is 0 Å². The minimum Gasteiger partial charge on any atom is -0.490 e. The maximum absolute atomic E-state index is 14.0. The first-order chi connectivity index (χ1) is 17.9. The van der Waals surface area contributed by atoms with E-state index in [0.717, 1.165) is 52.7 Å². The molecule has 3 aromatic rings. The summed E-state index contributed by atoms with van der Waals surface area (Å²) >= 11 is 0. The zero-order valence-electron chi connectivity index (χ0n) is 22.3. The number of carbonyl (C=O) groups excluding carboxylic acids is 2. The van der Waals surface area contributed by atoms with Crippen molar-refractivity contribution in [2.24, 2.45) is 0 Å². The first kappa shape index (κ1) is 25.2. The Morgan fingerprint density at radius 3 is 2.59 bits per heavy atom. The number of ether oxygens (including phenoxy) is 2. The number of hydrogen-bond donors (Lipinski definition) is 1. The predicted octanol–water partition coefficient (Wildman–Crippen LogP) is 5.19. The van der Waals surface area contributed by atoms with Crippen molar-refractivity contribution in [2.75, 3.05) is 32.8 Å². The molecule has 0 radical (unpaired) electrons. The Morgan fingerprint density at radius 1 is 1.03 bits per heavy atom. The molecule has 0 unspecified atom stereocenters. The second kappa shape index (κ2) is 10.1. The Bertz CT molecular complexity index is 1320. The van der Waals surface area contributed by atoms with E-state index in [2.05, 4.69) is 31.0 Å². The Hall–Kier alpha value is -3.48. The van der Waals surface area contributed by atoms with Crippen LogP contribution in [0.25, 0.3) is 10.9 Å². The smallest absolute Gasteiger partial charge is 0.254 e. The summed E-state index contributed by atoms with van der Waals surface area (Å²) in [7, 11) is 0. The SMILES string of the molecule is CCCCN1CC(=O)N2C[C@@H](c3ccc(OCCC)c(OCC)c3)c3c([nH]c4ccccc34)[C@@]2(C)C1=O. The van der Waals surface area contributed by atoms with Crippen LogP contribution in [0.4, 0.5) is 0 Å². The molecule has 2 atom stereocenters. The van der Waals surface area contributed by atoms with Crippen LogP contribution in [0.1, 0.15) is 69.7 Å². The molecule has 196 valence electrons. The summed E-state index contributed by atoms with van der Waals surface area (Å²) in [4.78, 5) is 34.6. The number of carbonyl (C=O) groups is 2. The third-order valence-electron chi connectivity index (χ3n) is 7.73. The molecule has 1 N–H and O–H groups in total. The van der Waals surface area contributed by atoms with Crippen molar-refractivity contribution in [3.63, 3.8) is 0 Å². The average molecular weight is 504 g/mol. The largest absolute Gasteiger partial charge is 0.490 e. The van der Waals surface area contributed by atoms with Crippen LogP contribution < -0.4 is 9.47 Å². The van der Waals surface area contributed by atoms with Crippen molar-refractivity contribution < 1.29 is 19.1 Å². The molecule has 2 aliphatic rings. The topological polar surface area (TPSA) is 74.9 Å². The van der Waals surface area contributed by atoms with Gasteiger partial charge in [-0.1, -0.05) is 44.5 Å². The molecule has 0 aliphatic carbocycles. The van der Waals surface area contributed by atoms with Gasteiger partial charge in [-0.2, -0.15) is 0 Å². The molecular weight excluding hydrogens is 466 g/mol. The maximum Gasteiger partial charge on any atom is 0.254 e. The van der Waals surface area contributed by atoms with Crippen LogP contribution in [0.15, 0.2) is 42.5 Å². The van der Waals surface area contributed by atoms with E-state index in [-0.39, 0.29) is 24.3 Å². The first-order valence-corrected chi connectivity index (χ1v) is 13.5. The van der Waals surface area contributed by atoms with Gasteiger partial charge in [0.05, 0.1) is 25.5 Å². The summed E-state index contributed by atoms with van der Waals surface area (Å²) in [6, 6.07) is 14.2. The molecule has 1 aromatic heterocycles. The lowest BCUT2D eigenvalue weighted by atomic mass is 9.76. The lowest BCUT2D eigenvalue weighted by molar-refractivity contribution is -0.166. The molecule has 3 heterocycles. The van der Waals surface area contributed by atoms with Gasteiger partial charge in [-0.05, 0) is 56.0 Å². The van der Waals surface area contributed by atoms with Crippen LogP contribution in [0.2, 0.25) is 0 Å². The number of unbranched alkanes of at least 4 members (excludes halogenated alkanes) is 1. The third-order valence-corrected chi connectivity index (χ3v) is 7.73. The highest BCUT2D eigenvalue weighted by molar-refractivity contribution is 6.01. The number of piperazine rings is 1. The number of benzene rings is 2. The lowest BCUT2D eigenvalue weighted by Gasteiger charge is -2.51. The molecule has 2 aliphatic heterocycles. The molecule has 7 nitrogen and oxygen atoms in total. The monoisotopic (exact) mass is 503 g/mol. The minimum absolute atomic E-state index is 0.00914. The maximum atomic E-state index is 14.0. The fourth-order valence-corrected chi connectivity index (χ4v) is 5.85. The van der Waals surface area contributed by atoms with Crippen molar-refractivity contribution in [1.82, 2.24) is 14.8 Å². The zero-order chi connectivity index (χ0) is 26.2. The minimum atomic E-state index is -1.07. The van der Waals surface area contributed by atoms with E-state index >= 15 is 0 Å². The van der Waals surface area contributed by atoms with Gasteiger partial charge in [0.1, 0.15) is 0 Å². The number of nitrogens with zero attached hydrogens (tertiary/aromatic N) is 2. The number of hydrogen-bond acceptors (Lipinski definition) is 4. The van der Waals surface area contributed by atoms with Gasteiger partial charge in [0.25, 0.3) is 5.91 Å². The molecule has 0 spiro atoms. The second-order valence-corrected chi connectivity index (χ2v) is 10.2. The third kappa shape index (κ3) is 4.14. The van der Waals surface area contributed by atoms with Crippen molar-refractivity contribution in [2.45, 2.75) is 58.4 Å². The Labute approximate surface area is 218 Å². The Balaban J connectivity index is 1.66. The van der Waals surface area contributed by atoms with Crippen LogP contribution in [-0.4, -0.2) is 59.4 Å². The summed E-state index contributed by atoms with van der Waals surface area (Å²) in [5, 5.41) is 1.08. The van der Waals surface area contributed by atoms with E-state index in [0.29, 0.717) is 32.1 Å². The molecule has 2 aromatic carbocycles. The molecule has 2 amide bonds. The molecule has 0 saturated carbocycles. The summed E-state index contributed by atoms with van der Waals surface area (Å²) in [5.74, 6) is 1.29. The number of aromatic nitrogens is 1. The van der Waals surface area contributed by atoms with E-state index in [1.54, 1.807) is 9.80 Å². The van der Waals surface area contributed by atoms with E-state index in [1.807, 2.05) is 44.2 Å². The number of para-hydroxylation sites is 1. The van der Waals surface area contributed by atoms with Crippen LogP contribution in [0, 0.1) is 0 Å². The standard InChI is InChI=1S/C30H37N3O4/c1-5-8-15-32-19-26(34)33-18-22(20-13-14-24(37-16-6-2)25(17-20)36-7-3)27-21-11-9-10-12-23(21)31-28(27)30(33,4)29(32)35/h9-14,17,22,31H,5-8,15-16,18-19H2,1-4H3/t22-,30-/m0/s1. The zero-order valence-corrected chi connectivity index (χ0v) is 22.3. The van der Waals surface area contributed by atoms with E-state index in [4.69, 9.17) is 9.47 Å². The first-order valence-electron chi connectivity index (χ1n) is 13.5. The summed E-state index contributed by atoms with van der Waals surface area (Å²) < 4.78 is 11.9. The van der Waals surface area contributed by atoms with Crippen LogP contribution >= 0.6 is 0 Å². The van der Waals surface area contributed by atoms with Gasteiger partial charge in [-0.15, -0.1) is 0 Å². The van der Waals surface area contributed by atoms with Crippen molar-refractivity contribution in [3.8, 4) is 11.5 Å². The van der Waals surface area contributed by atoms with Gasteiger partial charge in [0.2, 0.25) is 5.91 Å². The number of fused-ring (bicyclic) bond motifs is 5. The van der Waals surface area contributed by atoms with Gasteiger partial charge in [-0.25, -0.2) is 0 Å². The van der Waals surface area contributed by atoms with E-state index in [9.17, 15) is 9.59 Å². The fourth-order valence-electron chi connectivity index (χ4n) is 5.85. The van der Waals surface area contributed by atoms with Gasteiger partial charge >= 0.3 is 0 Å². The molecule has 1 saturated heterocycles. The predicted molar refractivity (Wildman–Crippen MR) is 144 cm³/mol. The van der Waals surface area contributed by atoms with Crippen molar-refractivity contribution in [1.29, 1.82) is 0 Å². The average Bonchev–Trinajstić information content (AvgIpc) is 3.30. The van der Waals surface area contributed by atoms with Crippen molar-refractivity contribution in [3.05, 3.63) is 59.3 Å². The highest BCUT2D eigenvalue weighted by Gasteiger charge is 2.56. The molecule has 1 fully saturated rings. The van der Waals surface area contributed by atoms with E-state index < -0.39 is 5.54 Å². The van der Waals surface area contributed by atoms with Crippen LogP contribution in [-0.2, 0) is 15.1 Å². The highest BCUT2D eigenvalue weighted by Crippen LogP contribution is 2.49. The van der Waals surface area contributed by atoms with Crippen LogP contribution in [0.5, 0.6) is 11.5 Å². The number of amides is 2. The molecular formula is C30H37N3O4. The Kier molecular flexibility index (Phi) is 6.88. The number of H-pyrrole nitrogens is 1. The Morgan fingerprint density at radius 2 is 1.84 bits per heavy atom. The summed E-state index contributed by atoms with van der Waals surface area (Å²) in [6.45, 7) is 10.3. The van der Waals surface area contributed by atoms with Crippen molar-refractivity contribution >= 4 is 22.7 Å². The lowest BCUT2D eigenvalue weighted by Crippen LogP contribution is -2.67. The molecule has 7 heteroatoms. The number of rotatable bonds is 9. The number of nitrogens with one attached hydrogen (secondary N) is 1. The summed E-state index contributed by atoms with van der Waals surface area (Å²) in [6.07, 6.45) is 2.76. The van der Waals surface area contributed by atoms with E-state index in [1.165, 1.54) is 0 Å². The fraction of sp³-hybridized carbons (Fsp3) is 0.467. The normalized spacial score (nSPS) is 21.2. The quantitative estimate of drug-likeness (QED) is 0.436.